The highest BCUT2D eigenvalue weighted by Gasteiger charge is 2.35. The fourth-order valence-electron chi connectivity index (χ4n) is 5.09. The van der Waals surface area contributed by atoms with Crippen LogP contribution in [-0.2, 0) is 6.42 Å². The molecule has 0 spiro atoms. The van der Waals surface area contributed by atoms with Gasteiger partial charge in [-0.15, -0.1) is 0 Å². The first kappa shape index (κ1) is 22.5. The summed E-state index contributed by atoms with van der Waals surface area (Å²) in [7, 11) is 0. The van der Waals surface area contributed by atoms with Crippen LogP contribution in [-0.4, -0.2) is 72.7 Å². The van der Waals surface area contributed by atoms with Crippen LogP contribution in [0.2, 0.25) is 0 Å². The van der Waals surface area contributed by atoms with Gasteiger partial charge in [0.15, 0.2) is 5.82 Å². The number of hydrogen-bond acceptors (Lipinski definition) is 5. The van der Waals surface area contributed by atoms with Crippen molar-refractivity contribution in [2.75, 3.05) is 26.2 Å². The second kappa shape index (κ2) is 9.93. The molecule has 0 aliphatic carbocycles. The van der Waals surface area contributed by atoms with Crippen LogP contribution in [0.1, 0.15) is 54.8 Å². The van der Waals surface area contributed by atoms with E-state index in [9.17, 15) is 9.90 Å². The van der Waals surface area contributed by atoms with Gasteiger partial charge < -0.3 is 14.9 Å². The van der Waals surface area contributed by atoms with E-state index in [1.807, 2.05) is 20.6 Å². The van der Waals surface area contributed by atoms with Gasteiger partial charge in [-0.25, -0.2) is 14.8 Å². The molecule has 2 saturated heterocycles. The fourth-order valence-corrected chi connectivity index (χ4v) is 5.09. The second-order valence-electron chi connectivity index (χ2n) is 9.40. The number of benzene rings is 1. The molecule has 8 heteroatoms. The van der Waals surface area contributed by atoms with E-state index < -0.39 is 0 Å². The number of rotatable bonds is 4. The van der Waals surface area contributed by atoms with Gasteiger partial charge in [-0.1, -0.05) is 31.2 Å². The first-order valence-corrected chi connectivity index (χ1v) is 12.2. The van der Waals surface area contributed by atoms with Crippen LogP contribution in [0.3, 0.4) is 0 Å². The van der Waals surface area contributed by atoms with Crippen LogP contribution in [0.4, 0.5) is 4.79 Å². The Morgan fingerprint density at radius 1 is 1.03 bits per heavy atom. The molecule has 8 nitrogen and oxygen atoms in total. The number of urea groups is 1. The van der Waals surface area contributed by atoms with Gasteiger partial charge in [0.2, 0.25) is 0 Å². The molecule has 0 bridgehead atoms. The molecule has 2 aliphatic heterocycles. The van der Waals surface area contributed by atoms with Gasteiger partial charge in [0.25, 0.3) is 0 Å². The fraction of sp³-hybridized carbons (Fsp3) is 0.462. The van der Waals surface area contributed by atoms with E-state index in [0.717, 1.165) is 24.4 Å². The number of aryl methyl sites for hydroxylation is 1. The zero-order valence-corrected chi connectivity index (χ0v) is 19.6. The van der Waals surface area contributed by atoms with Crippen molar-refractivity contribution in [1.82, 2.24) is 29.3 Å². The number of hydrogen-bond donors (Lipinski definition) is 1. The first-order valence-electron chi connectivity index (χ1n) is 12.2. The molecular weight excluding hydrogens is 428 g/mol. The molecule has 34 heavy (non-hydrogen) atoms. The van der Waals surface area contributed by atoms with Crippen molar-refractivity contribution in [2.45, 2.75) is 50.5 Å². The van der Waals surface area contributed by atoms with Crippen molar-refractivity contribution < 1.29 is 9.90 Å². The Morgan fingerprint density at radius 3 is 2.50 bits per heavy atom. The third-order valence-corrected chi connectivity index (χ3v) is 7.15. The number of imidazole rings is 1. The Bertz CT molecular complexity index is 1090. The normalized spacial score (nSPS) is 21.6. The Balaban J connectivity index is 1.40. The summed E-state index contributed by atoms with van der Waals surface area (Å²) in [5.41, 5.74) is 3.55. The zero-order valence-electron chi connectivity index (χ0n) is 19.6. The molecule has 178 valence electrons. The molecule has 5 rings (SSSR count). The summed E-state index contributed by atoms with van der Waals surface area (Å²) < 4.78 is 1.89. The molecule has 1 aromatic carbocycles. The minimum Gasteiger partial charge on any atom is -0.393 e. The summed E-state index contributed by atoms with van der Waals surface area (Å²) in [5, 5.41) is 9.87. The Morgan fingerprint density at radius 2 is 1.79 bits per heavy atom. The number of amides is 2. The molecule has 1 N–H and O–H groups in total. The third-order valence-electron chi connectivity index (χ3n) is 7.15. The maximum Gasteiger partial charge on any atom is 0.320 e. The lowest BCUT2D eigenvalue weighted by atomic mass is 9.83. The van der Waals surface area contributed by atoms with Crippen molar-refractivity contribution in [3.05, 3.63) is 72.2 Å². The lowest BCUT2D eigenvalue weighted by Gasteiger charge is -2.41. The third kappa shape index (κ3) is 4.82. The van der Waals surface area contributed by atoms with Crippen molar-refractivity contribution in [2.24, 2.45) is 0 Å². The van der Waals surface area contributed by atoms with Gasteiger partial charge in [0.05, 0.1) is 18.0 Å². The number of piperidine rings is 2. The van der Waals surface area contributed by atoms with E-state index in [-0.39, 0.29) is 24.0 Å². The predicted molar refractivity (Wildman–Crippen MR) is 129 cm³/mol. The average molecular weight is 461 g/mol. The van der Waals surface area contributed by atoms with Crippen LogP contribution < -0.4 is 0 Å². The molecule has 2 aromatic heterocycles. The molecule has 4 heterocycles. The van der Waals surface area contributed by atoms with Crippen molar-refractivity contribution >= 4 is 6.03 Å². The monoisotopic (exact) mass is 460 g/mol. The topological polar surface area (TPSA) is 87.4 Å². The minimum absolute atomic E-state index is 0.0696. The van der Waals surface area contributed by atoms with Gasteiger partial charge in [0, 0.05) is 56.6 Å². The highest BCUT2D eigenvalue weighted by atomic mass is 16.3. The standard InChI is InChI=1S/C26H32N6O2/c1-2-19-3-5-20(6-4-19)21-13-22(24-17-32(18-29-24)25-14-27-9-10-28-25)16-31(15-21)26(34)30-11-7-23(33)8-12-30/h3-6,9-10,14,17-18,21-23,33H,2,7-8,11-13,15-16H2,1H3. The highest BCUT2D eigenvalue weighted by Crippen LogP contribution is 2.36. The Labute approximate surface area is 200 Å². The summed E-state index contributed by atoms with van der Waals surface area (Å²) in [6.07, 6.45) is 11.8. The van der Waals surface area contributed by atoms with Crippen LogP contribution in [0.5, 0.6) is 0 Å². The number of nitrogens with zero attached hydrogens (tertiary/aromatic N) is 6. The lowest BCUT2D eigenvalue weighted by molar-refractivity contribution is 0.0755. The molecular formula is C26H32N6O2. The predicted octanol–water partition coefficient (Wildman–Crippen LogP) is 3.37. The van der Waals surface area contributed by atoms with Gasteiger partial charge >= 0.3 is 6.03 Å². The van der Waals surface area contributed by atoms with Gasteiger partial charge in [0.1, 0.15) is 6.33 Å². The van der Waals surface area contributed by atoms with Crippen molar-refractivity contribution in [3.8, 4) is 5.82 Å². The molecule has 2 amide bonds. The van der Waals surface area contributed by atoms with E-state index in [2.05, 4.69) is 41.2 Å². The van der Waals surface area contributed by atoms with E-state index in [0.29, 0.717) is 39.0 Å². The van der Waals surface area contributed by atoms with E-state index in [1.54, 1.807) is 24.9 Å². The summed E-state index contributed by atoms with van der Waals surface area (Å²) in [6, 6.07) is 8.88. The number of aliphatic hydroxyl groups excluding tert-OH is 1. The molecule has 2 unspecified atom stereocenters. The van der Waals surface area contributed by atoms with Crippen LogP contribution in [0.15, 0.2) is 55.4 Å². The van der Waals surface area contributed by atoms with Gasteiger partial charge in [-0.3, -0.25) is 9.55 Å². The summed E-state index contributed by atoms with van der Waals surface area (Å²) >= 11 is 0. The van der Waals surface area contributed by atoms with Crippen LogP contribution >= 0.6 is 0 Å². The van der Waals surface area contributed by atoms with Crippen molar-refractivity contribution in [1.29, 1.82) is 0 Å². The quantitative estimate of drug-likeness (QED) is 0.645. The van der Waals surface area contributed by atoms with E-state index in [1.165, 1.54) is 11.1 Å². The number of carbonyl (C=O) groups is 1. The molecule has 0 radical (unpaired) electrons. The average Bonchev–Trinajstić information content (AvgIpc) is 3.40. The van der Waals surface area contributed by atoms with Gasteiger partial charge in [-0.05, 0) is 36.8 Å². The SMILES string of the molecule is CCc1ccc(C2CC(c3cn(-c4cnccn4)cn3)CN(C(=O)N3CCC(O)CC3)C2)cc1. The summed E-state index contributed by atoms with van der Waals surface area (Å²) in [6.45, 7) is 4.72. The number of likely N-dealkylation sites (tertiary alicyclic amines) is 2. The minimum atomic E-state index is -0.298. The maximum absolute atomic E-state index is 13.5. The zero-order chi connectivity index (χ0) is 23.5. The second-order valence-corrected chi connectivity index (χ2v) is 9.40. The Hall–Kier alpha value is -3.26. The van der Waals surface area contributed by atoms with E-state index >= 15 is 0 Å². The van der Waals surface area contributed by atoms with Crippen LogP contribution in [0, 0.1) is 0 Å². The number of aromatic nitrogens is 4. The summed E-state index contributed by atoms with van der Waals surface area (Å²) in [4.78, 5) is 30.6. The number of aliphatic hydroxyl groups is 1. The molecule has 2 aliphatic rings. The lowest BCUT2D eigenvalue weighted by Crippen LogP contribution is -2.51. The maximum atomic E-state index is 13.5. The molecule has 3 aromatic rings. The highest BCUT2D eigenvalue weighted by molar-refractivity contribution is 5.75. The van der Waals surface area contributed by atoms with Crippen molar-refractivity contribution in [3.63, 3.8) is 0 Å². The smallest absolute Gasteiger partial charge is 0.320 e. The van der Waals surface area contributed by atoms with Gasteiger partial charge in [-0.2, -0.15) is 0 Å². The largest absolute Gasteiger partial charge is 0.393 e. The van der Waals surface area contributed by atoms with E-state index in [4.69, 9.17) is 4.98 Å². The van der Waals surface area contributed by atoms with Crippen LogP contribution in [0.25, 0.3) is 5.82 Å². The molecule has 0 saturated carbocycles. The Kier molecular flexibility index (Phi) is 6.58. The number of carbonyl (C=O) groups excluding carboxylic acids is 1. The summed E-state index contributed by atoms with van der Waals surface area (Å²) in [5.74, 6) is 1.09. The molecule has 2 fully saturated rings. The first-order chi connectivity index (χ1) is 16.6. The molecule has 2 atom stereocenters.